The van der Waals surface area contributed by atoms with Crippen LogP contribution >= 0.6 is 0 Å². The average Bonchev–Trinajstić information content (AvgIpc) is 2.70. The highest BCUT2D eigenvalue weighted by molar-refractivity contribution is 4.90. The molecular weight excluding hydrogens is 200 g/mol. The molecule has 16 heavy (non-hydrogen) atoms. The van der Waals surface area contributed by atoms with Crippen LogP contribution in [0.25, 0.3) is 0 Å². The Hall–Kier alpha value is -0.120. The summed E-state index contributed by atoms with van der Waals surface area (Å²) in [6.07, 6.45) is 6.24. The Labute approximate surface area is 100 Å². The smallest absolute Gasteiger partial charge is 0.0659 e. The van der Waals surface area contributed by atoms with Gasteiger partial charge in [-0.25, -0.2) is 0 Å². The summed E-state index contributed by atoms with van der Waals surface area (Å²) in [5, 5.41) is 3.52. The molecule has 2 unspecified atom stereocenters. The van der Waals surface area contributed by atoms with Crippen molar-refractivity contribution in [3.8, 4) is 0 Å². The summed E-state index contributed by atoms with van der Waals surface area (Å²) in [6, 6.07) is 0. The van der Waals surface area contributed by atoms with E-state index in [1.165, 1.54) is 25.7 Å². The van der Waals surface area contributed by atoms with Crippen LogP contribution in [0, 0.1) is 5.92 Å². The van der Waals surface area contributed by atoms with E-state index in [2.05, 4.69) is 19.2 Å². The second-order valence-corrected chi connectivity index (χ2v) is 5.21. The highest BCUT2D eigenvalue weighted by Gasteiger charge is 2.29. The van der Waals surface area contributed by atoms with E-state index >= 15 is 0 Å². The fourth-order valence-electron chi connectivity index (χ4n) is 2.23. The second kappa shape index (κ2) is 7.25. The molecule has 1 aliphatic rings. The zero-order chi connectivity index (χ0) is 11.9. The summed E-state index contributed by atoms with van der Waals surface area (Å²) in [5.74, 6) is 0.811. The maximum absolute atomic E-state index is 6.20. The van der Waals surface area contributed by atoms with Crippen LogP contribution in [0.5, 0.6) is 0 Å². The number of rotatable bonds is 8. The molecule has 3 nitrogen and oxygen atoms in total. The van der Waals surface area contributed by atoms with Gasteiger partial charge in [0.15, 0.2) is 0 Å². The first-order chi connectivity index (χ1) is 7.70. The van der Waals surface area contributed by atoms with Crippen molar-refractivity contribution in [3.63, 3.8) is 0 Å². The van der Waals surface area contributed by atoms with Gasteiger partial charge < -0.3 is 15.8 Å². The largest absolute Gasteiger partial charge is 0.379 e. The predicted molar refractivity (Wildman–Crippen MR) is 68.5 cm³/mol. The van der Waals surface area contributed by atoms with Gasteiger partial charge in [-0.05, 0) is 25.3 Å². The van der Waals surface area contributed by atoms with E-state index in [0.29, 0.717) is 6.61 Å². The average molecular weight is 228 g/mol. The monoisotopic (exact) mass is 228 g/mol. The van der Waals surface area contributed by atoms with Crippen LogP contribution < -0.4 is 11.1 Å². The van der Waals surface area contributed by atoms with Crippen molar-refractivity contribution in [3.05, 3.63) is 0 Å². The van der Waals surface area contributed by atoms with Crippen molar-refractivity contribution in [1.82, 2.24) is 5.32 Å². The first-order valence-electron chi connectivity index (χ1n) is 6.77. The number of nitrogens with two attached hydrogens (primary N) is 1. The fourth-order valence-corrected chi connectivity index (χ4v) is 2.23. The molecule has 1 heterocycles. The van der Waals surface area contributed by atoms with E-state index in [4.69, 9.17) is 10.5 Å². The van der Waals surface area contributed by atoms with Gasteiger partial charge in [0, 0.05) is 13.2 Å². The molecule has 0 bridgehead atoms. The third kappa shape index (κ3) is 4.81. The van der Waals surface area contributed by atoms with Gasteiger partial charge in [-0.2, -0.15) is 0 Å². The van der Waals surface area contributed by atoms with Gasteiger partial charge >= 0.3 is 0 Å². The number of ether oxygens (including phenoxy) is 1. The zero-order valence-corrected chi connectivity index (χ0v) is 10.9. The standard InChI is InChI=1S/C13H28N2O/c1-3-5-6-12(4-2)9-15-10-13(14)7-8-16-11-13/h12,15H,3-11,14H2,1-2H3. The summed E-state index contributed by atoms with van der Waals surface area (Å²) >= 11 is 0. The fraction of sp³-hybridized carbons (Fsp3) is 1.00. The van der Waals surface area contributed by atoms with Crippen LogP contribution in [0.3, 0.4) is 0 Å². The highest BCUT2D eigenvalue weighted by atomic mass is 16.5. The minimum absolute atomic E-state index is 0.108. The quantitative estimate of drug-likeness (QED) is 0.667. The number of unbranched alkanes of at least 4 members (excludes halogenated alkanes) is 1. The molecule has 2 atom stereocenters. The Morgan fingerprint density at radius 1 is 1.44 bits per heavy atom. The number of hydrogen-bond donors (Lipinski definition) is 2. The second-order valence-electron chi connectivity index (χ2n) is 5.21. The third-order valence-electron chi connectivity index (χ3n) is 3.59. The Balaban J connectivity index is 2.12. The number of hydrogen-bond acceptors (Lipinski definition) is 3. The molecule has 1 fully saturated rings. The Bertz CT molecular complexity index is 179. The third-order valence-corrected chi connectivity index (χ3v) is 3.59. The van der Waals surface area contributed by atoms with Crippen molar-refractivity contribution in [1.29, 1.82) is 0 Å². The van der Waals surface area contributed by atoms with Gasteiger partial charge in [0.05, 0.1) is 12.1 Å². The molecule has 1 saturated heterocycles. The molecule has 0 aliphatic carbocycles. The van der Waals surface area contributed by atoms with Gasteiger partial charge in [0.2, 0.25) is 0 Å². The molecule has 0 aromatic heterocycles. The van der Waals surface area contributed by atoms with Crippen molar-refractivity contribution in [2.24, 2.45) is 11.7 Å². The molecule has 0 aromatic carbocycles. The van der Waals surface area contributed by atoms with Crippen LogP contribution in [-0.2, 0) is 4.74 Å². The molecule has 3 heteroatoms. The van der Waals surface area contributed by atoms with Crippen molar-refractivity contribution in [2.45, 2.75) is 51.5 Å². The minimum atomic E-state index is -0.108. The number of nitrogens with one attached hydrogen (secondary N) is 1. The molecule has 0 radical (unpaired) electrons. The van der Waals surface area contributed by atoms with Crippen molar-refractivity contribution < 1.29 is 4.74 Å². The lowest BCUT2D eigenvalue weighted by Crippen LogP contribution is -2.50. The Morgan fingerprint density at radius 3 is 2.81 bits per heavy atom. The molecule has 0 saturated carbocycles. The van der Waals surface area contributed by atoms with Crippen molar-refractivity contribution >= 4 is 0 Å². The van der Waals surface area contributed by atoms with Crippen LogP contribution in [0.2, 0.25) is 0 Å². The molecular formula is C13H28N2O. The van der Waals surface area contributed by atoms with Crippen LogP contribution in [-0.4, -0.2) is 31.8 Å². The van der Waals surface area contributed by atoms with E-state index in [9.17, 15) is 0 Å². The van der Waals surface area contributed by atoms with Crippen LogP contribution in [0.15, 0.2) is 0 Å². The summed E-state index contributed by atoms with van der Waals surface area (Å²) in [6.45, 7) is 8.08. The molecule has 3 N–H and O–H groups in total. The molecule has 0 spiro atoms. The minimum Gasteiger partial charge on any atom is -0.379 e. The molecule has 1 rings (SSSR count). The SMILES string of the molecule is CCCCC(CC)CNCC1(N)CCOC1. The van der Waals surface area contributed by atoms with Crippen LogP contribution in [0.4, 0.5) is 0 Å². The molecule has 0 aromatic rings. The van der Waals surface area contributed by atoms with E-state index in [1.54, 1.807) is 0 Å². The van der Waals surface area contributed by atoms with E-state index in [0.717, 1.165) is 32.0 Å². The van der Waals surface area contributed by atoms with Gasteiger partial charge in [-0.3, -0.25) is 0 Å². The summed E-state index contributed by atoms with van der Waals surface area (Å²) in [7, 11) is 0. The van der Waals surface area contributed by atoms with Gasteiger partial charge in [0.1, 0.15) is 0 Å². The van der Waals surface area contributed by atoms with E-state index in [1.807, 2.05) is 0 Å². The van der Waals surface area contributed by atoms with Gasteiger partial charge in [-0.15, -0.1) is 0 Å². The van der Waals surface area contributed by atoms with Crippen molar-refractivity contribution in [2.75, 3.05) is 26.3 Å². The molecule has 96 valence electrons. The summed E-state index contributed by atoms with van der Waals surface area (Å²) in [5.41, 5.74) is 6.09. The van der Waals surface area contributed by atoms with E-state index < -0.39 is 0 Å². The lowest BCUT2D eigenvalue weighted by molar-refractivity contribution is 0.176. The summed E-state index contributed by atoms with van der Waals surface area (Å²) < 4.78 is 5.34. The van der Waals surface area contributed by atoms with Gasteiger partial charge in [-0.1, -0.05) is 33.1 Å². The predicted octanol–water partition coefficient (Wildman–Crippen LogP) is 1.91. The lowest BCUT2D eigenvalue weighted by atomic mass is 9.97. The zero-order valence-electron chi connectivity index (χ0n) is 10.9. The normalized spacial score (nSPS) is 27.2. The van der Waals surface area contributed by atoms with Gasteiger partial charge in [0.25, 0.3) is 0 Å². The topological polar surface area (TPSA) is 47.3 Å². The van der Waals surface area contributed by atoms with Crippen LogP contribution in [0.1, 0.15) is 46.0 Å². The maximum atomic E-state index is 6.20. The molecule has 1 aliphatic heterocycles. The molecule has 0 amide bonds. The maximum Gasteiger partial charge on any atom is 0.0659 e. The Kier molecular flexibility index (Phi) is 6.32. The lowest BCUT2D eigenvalue weighted by Gasteiger charge is -2.24. The summed E-state index contributed by atoms with van der Waals surface area (Å²) in [4.78, 5) is 0. The first kappa shape index (κ1) is 13.9. The highest BCUT2D eigenvalue weighted by Crippen LogP contribution is 2.15. The first-order valence-corrected chi connectivity index (χ1v) is 6.77. The van der Waals surface area contributed by atoms with E-state index in [-0.39, 0.29) is 5.54 Å². The Morgan fingerprint density at radius 2 is 2.25 bits per heavy atom.